The van der Waals surface area contributed by atoms with E-state index in [0.717, 1.165) is 48.4 Å². The molecule has 2 atom stereocenters. The second kappa shape index (κ2) is 11.0. The maximum absolute atomic E-state index is 10.1. The Kier molecular flexibility index (Phi) is 7.41. The second-order valence-corrected chi connectivity index (χ2v) is 12.0. The highest BCUT2D eigenvalue weighted by Gasteiger charge is 2.36. The molecule has 0 amide bonds. The van der Waals surface area contributed by atoms with Crippen molar-refractivity contribution in [1.29, 1.82) is 5.26 Å². The highest BCUT2D eigenvalue weighted by Crippen LogP contribution is 2.40. The van der Waals surface area contributed by atoms with Gasteiger partial charge in [-0.2, -0.15) is 10.4 Å². The Hall–Kier alpha value is -3.58. The molecule has 4 heterocycles. The van der Waals surface area contributed by atoms with E-state index in [1.54, 1.807) is 13.3 Å². The summed E-state index contributed by atoms with van der Waals surface area (Å²) in [7, 11) is 1.58. The molecule has 3 aromatic heterocycles. The number of fused-ring (bicyclic) bond motifs is 1. The maximum Gasteiger partial charge on any atom is 0.162 e. The zero-order valence-corrected chi connectivity index (χ0v) is 24.7. The Morgan fingerprint density at radius 2 is 1.98 bits per heavy atom. The molecule has 1 saturated carbocycles. The Bertz CT molecular complexity index is 1630. The number of pyridine rings is 2. The third kappa shape index (κ3) is 5.52. The molecule has 2 N–H and O–H groups in total. The van der Waals surface area contributed by atoms with Crippen LogP contribution in [0.3, 0.4) is 0 Å². The largest absolute Gasteiger partial charge is 0.493 e. The lowest BCUT2D eigenvalue weighted by atomic mass is 10.0. The highest BCUT2D eigenvalue weighted by atomic mass is 35.5. The van der Waals surface area contributed by atoms with Crippen LogP contribution in [0.1, 0.15) is 50.3 Å². The first-order valence-electron chi connectivity index (χ1n) is 13.7. The smallest absolute Gasteiger partial charge is 0.162 e. The number of nitrogens with one attached hydrogen (secondary N) is 2. The number of ether oxygens (including phenoxy) is 2. The number of benzene rings is 1. The summed E-state index contributed by atoms with van der Waals surface area (Å²) in [5, 5.41) is 23.1. The monoisotopic (exact) mass is 591 g/mol. The van der Waals surface area contributed by atoms with Gasteiger partial charge >= 0.3 is 0 Å². The highest BCUT2D eigenvalue weighted by molar-refractivity contribution is 6.35. The molecular formula is C30H31Cl2N7O2. The van der Waals surface area contributed by atoms with Crippen LogP contribution in [-0.2, 0) is 0 Å². The molecule has 9 nitrogen and oxygen atoms in total. The zero-order valence-electron chi connectivity index (χ0n) is 23.2. The number of methoxy groups -OCH3 is 1. The van der Waals surface area contributed by atoms with E-state index < -0.39 is 6.10 Å². The molecule has 2 aliphatic rings. The third-order valence-corrected chi connectivity index (χ3v) is 8.60. The number of aromatic nitrogens is 4. The lowest BCUT2D eigenvalue weighted by molar-refractivity contribution is 0.216. The summed E-state index contributed by atoms with van der Waals surface area (Å²) in [6.07, 6.45) is 8.03. The van der Waals surface area contributed by atoms with Gasteiger partial charge in [0.25, 0.3) is 0 Å². The number of aromatic amines is 1. The number of rotatable bonds is 9. The molecule has 1 aliphatic carbocycles. The van der Waals surface area contributed by atoms with Gasteiger partial charge in [-0.3, -0.25) is 10.1 Å². The van der Waals surface area contributed by atoms with Crippen molar-refractivity contribution in [1.82, 2.24) is 25.5 Å². The summed E-state index contributed by atoms with van der Waals surface area (Å²) in [6.45, 7) is 6.85. The lowest BCUT2D eigenvalue weighted by Gasteiger charge is -2.27. The number of halogens is 2. The van der Waals surface area contributed by atoms with Crippen LogP contribution in [0.15, 0.2) is 36.8 Å². The zero-order chi connectivity index (χ0) is 28.7. The number of anilines is 1. The van der Waals surface area contributed by atoms with Crippen LogP contribution < -0.4 is 19.7 Å². The predicted octanol–water partition coefficient (Wildman–Crippen LogP) is 6.32. The molecule has 41 heavy (non-hydrogen) atoms. The summed E-state index contributed by atoms with van der Waals surface area (Å²) >= 11 is 12.7. The minimum absolute atomic E-state index is 0.0192. The Balaban J connectivity index is 1.29. The quantitative estimate of drug-likeness (QED) is 0.233. The maximum atomic E-state index is 10.1. The first-order chi connectivity index (χ1) is 19.8. The summed E-state index contributed by atoms with van der Waals surface area (Å²) in [4.78, 5) is 11.0. The molecule has 0 bridgehead atoms. The summed E-state index contributed by atoms with van der Waals surface area (Å²) < 4.78 is 11.9. The van der Waals surface area contributed by atoms with Crippen LogP contribution in [-0.4, -0.2) is 52.4 Å². The fourth-order valence-electron chi connectivity index (χ4n) is 5.48. The number of nitriles is 1. The lowest BCUT2D eigenvalue weighted by Crippen LogP contribution is -2.45. The topological polar surface area (TPSA) is 112 Å². The molecule has 1 aromatic carbocycles. The Labute approximate surface area is 248 Å². The molecule has 6 rings (SSSR count). The average Bonchev–Trinajstić information content (AvgIpc) is 3.59. The van der Waals surface area contributed by atoms with Crippen LogP contribution in [0.4, 0.5) is 5.82 Å². The Morgan fingerprint density at radius 1 is 1.20 bits per heavy atom. The van der Waals surface area contributed by atoms with Crippen LogP contribution in [0.25, 0.3) is 22.2 Å². The van der Waals surface area contributed by atoms with Crippen LogP contribution in [0.2, 0.25) is 10.0 Å². The molecule has 212 valence electrons. The van der Waals surface area contributed by atoms with Crippen molar-refractivity contribution < 1.29 is 9.47 Å². The van der Waals surface area contributed by atoms with Crippen LogP contribution >= 0.6 is 23.2 Å². The summed E-state index contributed by atoms with van der Waals surface area (Å²) in [5.74, 6) is 2.55. The first-order valence-corrected chi connectivity index (χ1v) is 14.5. The van der Waals surface area contributed by atoms with Gasteiger partial charge in [-0.05, 0) is 57.7 Å². The van der Waals surface area contributed by atoms with Gasteiger partial charge in [0.2, 0.25) is 0 Å². The van der Waals surface area contributed by atoms with E-state index in [2.05, 4.69) is 38.4 Å². The van der Waals surface area contributed by atoms with Crippen molar-refractivity contribution >= 4 is 39.9 Å². The van der Waals surface area contributed by atoms with Gasteiger partial charge in [0, 0.05) is 59.8 Å². The molecule has 4 aromatic rings. The molecular weight excluding hydrogens is 561 g/mol. The van der Waals surface area contributed by atoms with E-state index in [0.29, 0.717) is 44.2 Å². The fourth-order valence-corrected chi connectivity index (χ4v) is 6.15. The molecule has 0 unspecified atom stereocenters. The van der Waals surface area contributed by atoms with Crippen LogP contribution in [0.5, 0.6) is 11.5 Å². The first kappa shape index (κ1) is 27.6. The van der Waals surface area contributed by atoms with Crippen molar-refractivity contribution in [2.24, 2.45) is 5.92 Å². The number of H-pyrrole nitrogens is 1. The van der Waals surface area contributed by atoms with Crippen molar-refractivity contribution in [3.63, 3.8) is 0 Å². The van der Waals surface area contributed by atoms with E-state index in [-0.39, 0.29) is 5.54 Å². The van der Waals surface area contributed by atoms with Gasteiger partial charge in [-0.15, -0.1) is 0 Å². The van der Waals surface area contributed by atoms with Crippen molar-refractivity contribution in [3.05, 3.63) is 58.0 Å². The van der Waals surface area contributed by atoms with Crippen LogP contribution in [0, 0.1) is 17.2 Å². The predicted molar refractivity (Wildman–Crippen MR) is 160 cm³/mol. The average molecular weight is 593 g/mol. The summed E-state index contributed by atoms with van der Waals surface area (Å²) in [5.41, 5.74) is 3.33. The minimum atomic E-state index is -0.476. The number of nitrogens with zero attached hydrogens (tertiary/aromatic N) is 5. The Morgan fingerprint density at radius 3 is 2.68 bits per heavy atom. The van der Waals surface area contributed by atoms with E-state index >= 15 is 0 Å². The van der Waals surface area contributed by atoms with Gasteiger partial charge < -0.3 is 19.7 Å². The fraction of sp³-hybridized carbons (Fsp3) is 0.400. The molecule has 1 aliphatic heterocycles. The molecule has 2 fully saturated rings. The molecule has 11 heteroatoms. The van der Waals surface area contributed by atoms with Crippen molar-refractivity contribution in [2.45, 2.75) is 44.8 Å². The van der Waals surface area contributed by atoms with E-state index in [9.17, 15) is 5.26 Å². The number of hydrogen-bond donors (Lipinski definition) is 2. The third-order valence-electron chi connectivity index (χ3n) is 8.00. The van der Waals surface area contributed by atoms with E-state index in [4.69, 9.17) is 37.7 Å². The number of hydrogen-bond acceptors (Lipinski definition) is 8. The normalized spacial score (nSPS) is 19.4. The van der Waals surface area contributed by atoms with Crippen molar-refractivity contribution in [2.75, 3.05) is 31.6 Å². The summed E-state index contributed by atoms with van der Waals surface area (Å²) in [6, 6.07) is 7.91. The standard InChI is InChI=1S/C30H31Cl2N7O2/c1-17(27-22(31)14-34-15-23(27)32)41-26-9-21-24(10-25(26)40-3)37-38-28(21)20-8-19(11-33)29(35-13-20)39-7-6-30(2,16-39)36-12-18-4-5-18/h8-10,13-15,17-18,36H,4-7,12,16H2,1-3H3,(H,37,38)/t17-,30+/m1/s1. The van der Waals surface area contributed by atoms with E-state index in [1.807, 2.05) is 25.1 Å². The van der Waals surface area contributed by atoms with Gasteiger partial charge in [-0.1, -0.05) is 23.2 Å². The SMILES string of the molecule is COc1cc2[nH]nc(-c3cnc(N4CC[C@](C)(NCC5CC5)C4)c(C#N)c3)c2cc1O[C@H](C)c1c(Cl)cncc1Cl. The molecule has 0 radical (unpaired) electrons. The van der Waals surface area contributed by atoms with Gasteiger partial charge in [0.15, 0.2) is 11.5 Å². The second-order valence-electron chi connectivity index (χ2n) is 11.2. The van der Waals surface area contributed by atoms with Gasteiger partial charge in [0.1, 0.15) is 23.7 Å². The molecule has 0 spiro atoms. The van der Waals surface area contributed by atoms with Gasteiger partial charge in [-0.25, -0.2) is 4.98 Å². The van der Waals surface area contributed by atoms with Gasteiger partial charge in [0.05, 0.1) is 28.2 Å². The minimum Gasteiger partial charge on any atom is -0.493 e. The molecule has 1 saturated heterocycles. The van der Waals surface area contributed by atoms with Crippen molar-refractivity contribution in [3.8, 4) is 28.8 Å². The van der Waals surface area contributed by atoms with E-state index in [1.165, 1.54) is 25.2 Å².